The smallest absolute Gasteiger partial charge is 0.339 e. The van der Waals surface area contributed by atoms with Crippen molar-refractivity contribution >= 4 is 20.2 Å². The molecule has 0 aliphatic carbocycles. The lowest BCUT2D eigenvalue weighted by molar-refractivity contribution is 0.484. The first-order valence-electron chi connectivity index (χ1n) is 18.3. The molecule has 57 heavy (non-hydrogen) atoms. The van der Waals surface area contributed by atoms with E-state index in [0.717, 1.165) is 44.5 Å². The molecule has 0 saturated carbocycles. The third kappa shape index (κ3) is 8.58. The molecular weight excluding hydrogens is 749 g/mol. The van der Waals surface area contributed by atoms with Gasteiger partial charge in [-0.05, 0) is 87.3 Å². The molecule has 0 saturated heterocycles. The van der Waals surface area contributed by atoms with Crippen molar-refractivity contribution < 1.29 is 25.2 Å². The van der Waals surface area contributed by atoms with Gasteiger partial charge in [-0.15, -0.1) is 0 Å². The van der Waals surface area contributed by atoms with Gasteiger partial charge in [0.25, 0.3) is 0 Å². The Hall–Kier alpha value is -6.74. The molecule has 0 amide bonds. The molecule has 8 aromatic rings. The van der Waals surface area contributed by atoms with Gasteiger partial charge in [-0.2, -0.15) is 16.8 Å². The minimum Gasteiger partial charge on any atom is -0.379 e. The van der Waals surface area contributed by atoms with E-state index in [1.807, 2.05) is 109 Å². The van der Waals surface area contributed by atoms with Crippen LogP contribution in [0.3, 0.4) is 0 Å². The van der Waals surface area contributed by atoms with Gasteiger partial charge in [0, 0.05) is 11.1 Å². The highest BCUT2D eigenvalue weighted by Crippen LogP contribution is 2.33. The van der Waals surface area contributed by atoms with Crippen LogP contribution in [0.15, 0.2) is 216 Å². The zero-order valence-electron chi connectivity index (χ0n) is 30.6. The lowest BCUT2D eigenvalue weighted by atomic mass is 9.98. The number of benzene rings is 8. The van der Waals surface area contributed by atoms with Crippen molar-refractivity contribution in [2.24, 2.45) is 0 Å². The van der Waals surface area contributed by atoms with Gasteiger partial charge in [0.1, 0.15) is 21.3 Å². The predicted molar refractivity (Wildman–Crippen MR) is 226 cm³/mol. The lowest BCUT2D eigenvalue weighted by Crippen LogP contribution is -2.11. The molecule has 0 unspecified atom stereocenters. The fourth-order valence-corrected chi connectivity index (χ4v) is 9.04. The molecule has 0 aliphatic rings. The van der Waals surface area contributed by atoms with Gasteiger partial charge in [0.15, 0.2) is 0 Å². The van der Waals surface area contributed by atoms with Crippen LogP contribution in [0, 0.1) is 0 Å². The van der Waals surface area contributed by atoms with E-state index in [-0.39, 0.29) is 21.3 Å². The summed E-state index contributed by atoms with van der Waals surface area (Å²) in [6, 6.07) is 62.8. The summed E-state index contributed by atoms with van der Waals surface area (Å²) in [5, 5.41) is 0. The predicted octanol–water partition coefficient (Wildman–Crippen LogP) is 11.5. The van der Waals surface area contributed by atoms with Gasteiger partial charge in [-0.3, -0.25) is 0 Å². The Kier molecular flexibility index (Phi) is 10.5. The largest absolute Gasteiger partial charge is 0.379 e. The van der Waals surface area contributed by atoms with Gasteiger partial charge in [0.05, 0.1) is 0 Å². The van der Waals surface area contributed by atoms with Crippen LogP contribution in [-0.4, -0.2) is 16.8 Å². The molecule has 0 spiro atoms. The van der Waals surface area contributed by atoms with Crippen LogP contribution >= 0.6 is 0 Å². The van der Waals surface area contributed by atoms with E-state index in [4.69, 9.17) is 8.37 Å². The zero-order chi connectivity index (χ0) is 39.2. The van der Waals surface area contributed by atoms with Gasteiger partial charge in [0.2, 0.25) is 0 Å². The molecule has 0 radical (unpaired) electrons. The Morgan fingerprint density at radius 2 is 0.667 bits per heavy atom. The van der Waals surface area contributed by atoms with Gasteiger partial charge in [-0.1, -0.05) is 170 Å². The first-order valence-corrected chi connectivity index (χ1v) is 21.1. The van der Waals surface area contributed by atoms with Crippen molar-refractivity contribution in [1.29, 1.82) is 0 Å². The number of hydrogen-bond acceptors (Lipinski definition) is 6. The maximum Gasteiger partial charge on any atom is 0.339 e. The quantitative estimate of drug-likeness (QED) is 0.115. The van der Waals surface area contributed by atoms with E-state index < -0.39 is 20.2 Å². The minimum atomic E-state index is -4.11. The summed E-state index contributed by atoms with van der Waals surface area (Å²) in [5.74, 6) is 0.457. The molecule has 0 heterocycles. The first kappa shape index (κ1) is 37.2. The van der Waals surface area contributed by atoms with E-state index in [9.17, 15) is 16.8 Å². The fourth-order valence-electron chi connectivity index (χ4n) is 6.75. The second kappa shape index (κ2) is 16.2. The van der Waals surface area contributed by atoms with E-state index in [1.54, 1.807) is 72.8 Å². The second-order valence-corrected chi connectivity index (χ2v) is 16.5. The summed E-state index contributed by atoms with van der Waals surface area (Å²) >= 11 is 0. The highest BCUT2D eigenvalue weighted by atomic mass is 32.2. The fraction of sp³-hybridized carbons (Fsp3) is 0.0204. The van der Waals surface area contributed by atoms with Gasteiger partial charge in [-0.25, -0.2) is 0 Å². The second-order valence-electron chi connectivity index (χ2n) is 13.4. The molecule has 0 aromatic heterocycles. The van der Waals surface area contributed by atoms with Crippen LogP contribution in [0.25, 0.3) is 44.5 Å². The number of hydrogen-bond donors (Lipinski definition) is 0. The Bertz CT molecular complexity index is 2680. The summed E-state index contributed by atoms with van der Waals surface area (Å²) < 4.78 is 65.2. The summed E-state index contributed by atoms with van der Waals surface area (Å²) in [6.07, 6.45) is 0.699. The molecule has 8 aromatic carbocycles. The molecule has 8 heteroatoms. The van der Waals surface area contributed by atoms with Crippen molar-refractivity contribution in [2.45, 2.75) is 16.2 Å². The minimum absolute atomic E-state index is 0.105. The van der Waals surface area contributed by atoms with Crippen LogP contribution in [0.4, 0.5) is 0 Å². The maximum absolute atomic E-state index is 13.5. The highest BCUT2D eigenvalue weighted by Gasteiger charge is 2.23. The van der Waals surface area contributed by atoms with Crippen molar-refractivity contribution in [3.8, 4) is 56.0 Å². The van der Waals surface area contributed by atoms with E-state index in [1.165, 1.54) is 0 Å². The van der Waals surface area contributed by atoms with Gasteiger partial charge < -0.3 is 8.37 Å². The van der Waals surface area contributed by atoms with Crippen molar-refractivity contribution in [3.63, 3.8) is 0 Å². The zero-order valence-corrected chi connectivity index (χ0v) is 32.2. The van der Waals surface area contributed by atoms with E-state index >= 15 is 0 Å². The summed E-state index contributed by atoms with van der Waals surface area (Å²) in [5.41, 5.74) is 8.45. The van der Waals surface area contributed by atoms with Crippen LogP contribution < -0.4 is 8.37 Å². The first-order chi connectivity index (χ1) is 27.7. The maximum atomic E-state index is 13.5. The molecule has 280 valence electrons. The van der Waals surface area contributed by atoms with Crippen LogP contribution in [0.1, 0.15) is 11.1 Å². The molecule has 0 aliphatic heterocycles. The Labute approximate surface area is 333 Å². The van der Waals surface area contributed by atoms with Crippen LogP contribution in [0.5, 0.6) is 11.5 Å². The monoisotopic (exact) mass is 784 g/mol. The summed E-state index contributed by atoms with van der Waals surface area (Å²) in [4.78, 5) is 0.210. The standard InChI is InChI=1S/C49H36O6S2/c50-56(51,48-23-9-7-21-46(48)40-13-3-1-4-14-40)54-44-19-11-17-42(34-44)38-29-25-36(26-30-38)33-37-27-31-39(32-28-37)43-18-12-20-45(35-43)55-57(52,53)49-24-10-8-22-47(49)41-15-5-2-6-16-41/h1-32,34-35H,33H2. The molecule has 8 rings (SSSR count). The summed E-state index contributed by atoms with van der Waals surface area (Å²) in [6.45, 7) is 0. The third-order valence-corrected chi connectivity index (χ3v) is 12.2. The Morgan fingerprint density at radius 1 is 0.316 bits per heavy atom. The third-order valence-electron chi connectivity index (χ3n) is 9.55. The lowest BCUT2D eigenvalue weighted by Gasteiger charge is -2.13. The van der Waals surface area contributed by atoms with Gasteiger partial charge >= 0.3 is 20.2 Å². The SMILES string of the molecule is O=S(=O)(Oc1cccc(-c2ccc(Cc3ccc(-c4cccc(OS(=O)(=O)c5ccccc5-c5ccccc5)c4)cc3)cc2)c1)c1ccccc1-c1ccccc1. The highest BCUT2D eigenvalue weighted by molar-refractivity contribution is 7.87. The Morgan fingerprint density at radius 3 is 1.07 bits per heavy atom. The van der Waals surface area contributed by atoms with Crippen molar-refractivity contribution in [2.75, 3.05) is 0 Å². The van der Waals surface area contributed by atoms with E-state index in [0.29, 0.717) is 17.5 Å². The van der Waals surface area contributed by atoms with E-state index in [2.05, 4.69) is 24.3 Å². The van der Waals surface area contributed by atoms with Crippen LogP contribution in [0.2, 0.25) is 0 Å². The Balaban J connectivity index is 0.932. The average molecular weight is 785 g/mol. The normalized spacial score (nSPS) is 11.5. The molecule has 0 N–H and O–H groups in total. The van der Waals surface area contributed by atoms with Crippen molar-refractivity contribution in [3.05, 3.63) is 217 Å². The topological polar surface area (TPSA) is 86.7 Å². The van der Waals surface area contributed by atoms with Crippen LogP contribution in [-0.2, 0) is 26.7 Å². The molecule has 6 nitrogen and oxygen atoms in total. The van der Waals surface area contributed by atoms with Crippen molar-refractivity contribution in [1.82, 2.24) is 0 Å². The molecular formula is C49H36O6S2. The molecule has 0 atom stereocenters. The average Bonchev–Trinajstić information content (AvgIpc) is 3.25. The molecule has 0 fully saturated rings. The molecule has 0 bridgehead atoms. The number of rotatable bonds is 12. The summed E-state index contributed by atoms with van der Waals surface area (Å²) in [7, 11) is -8.23.